The van der Waals surface area contributed by atoms with Crippen molar-refractivity contribution < 1.29 is 40.6 Å². The van der Waals surface area contributed by atoms with E-state index in [0.717, 1.165) is 0 Å². The first-order valence-corrected chi connectivity index (χ1v) is 5.66. The third-order valence-corrected chi connectivity index (χ3v) is 2.51. The molecule has 10 heteroatoms. The van der Waals surface area contributed by atoms with Crippen LogP contribution in [0.5, 0.6) is 0 Å². The van der Waals surface area contributed by atoms with E-state index in [-0.39, 0.29) is 12.8 Å². The zero-order valence-electron chi connectivity index (χ0n) is 10.4. The molecule has 0 radical (unpaired) electrons. The molecule has 0 aromatic rings. The van der Waals surface area contributed by atoms with E-state index in [0.29, 0.717) is 6.42 Å². The fraction of sp³-hybridized carbons (Fsp3) is 0.900. The molecule has 0 saturated heterocycles. The Morgan fingerprint density at radius 1 is 1.15 bits per heavy atom. The van der Waals surface area contributed by atoms with E-state index < -0.39 is 36.6 Å². The number of amides is 1. The highest BCUT2D eigenvalue weighted by Crippen LogP contribution is 2.46. The summed E-state index contributed by atoms with van der Waals surface area (Å²) in [5, 5.41) is 10.4. The minimum atomic E-state index is -6.54. The molecule has 0 fully saturated rings. The maximum Gasteiger partial charge on any atom is 0.460 e. The number of alkyl halides is 7. The van der Waals surface area contributed by atoms with Gasteiger partial charge in [-0.1, -0.05) is 6.92 Å². The lowest BCUT2D eigenvalue weighted by Gasteiger charge is -2.27. The molecule has 1 atom stereocenters. The maximum absolute atomic E-state index is 12.8. The molecule has 0 aromatic heterocycles. The average Bonchev–Trinajstić information content (AvgIpc) is 2.32. The van der Waals surface area contributed by atoms with Crippen LogP contribution in [0.25, 0.3) is 0 Å². The Morgan fingerprint density at radius 3 is 2.05 bits per heavy atom. The highest BCUT2D eigenvalue weighted by molar-refractivity contribution is 5.84. The van der Waals surface area contributed by atoms with Crippen molar-refractivity contribution in [3.63, 3.8) is 0 Å². The van der Waals surface area contributed by atoms with Gasteiger partial charge in [0.2, 0.25) is 0 Å². The van der Waals surface area contributed by atoms with Crippen LogP contribution >= 0.6 is 0 Å². The second-order valence-electron chi connectivity index (χ2n) is 4.11. The average molecular weight is 313 g/mol. The van der Waals surface area contributed by atoms with E-state index in [2.05, 4.69) is 0 Å². The molecule has 0 spiro atoms. The van der Waals surface area contributed by atoms with Crippen LogP contribution in [0.4, 0.5) is 30.7 Å². The van der Waals surface area contributed by atoms with Crippen LogP contribution in [0.15, 0.2) is 0 Å². The molecule has 0 aromatic carbocycles. The summed E-state index contributed by atoms with van der Waals surface area (Å²) in [6.07, 6.45) is -6.88. The lowest BCUT2D eigenvalue weighted by molar-refractivity contribution is -0.344. The fourth-order valence-corrected chi connectivity index (χ4v) is 1.18. The van der Waals surface area contributed by atoms with Crippen LogP contribution in [-0.4, -0.2) is 41.7 Å². The van der Waals surface area contributed by atoms with Crippen molar-refractivity contribution in [1.29, 1.82) is 0 Å². The van der Waals surface area contributed by atoms with Gasteiger partial charge in [-0.15, -0.1) is 0 Å². The van der Waals surface area contributed by atoms with E-state index >= 15 is 0 Å². The first-order valence-electron chi connectivity index (χ1n) is 5.66. The Bertz CT molecular complexity index is 330. The third-order valence-electron chi connectivity index (χ3n) is 2.51. The number of hydrogen-bond donors (Lipinski definition) is 2. The molecule has 1 unspecified atom stereocenters. The molecule has 120 valence electrons. The van der Waals surface area contributed by atoms with E-state index in [1.54, 1.807) is 6.92 Å². The van der Waals surface area contributed by atoms with Gasteiger partial charge < -0.3 is 10.4 Å². The van der Waals surface area contributed by atoms with Crippen molar-refractivity contribution in [3.05, 3.63) is 0 Å². The highest BCUT2D eigenvalue weighted by Gasteiger charge is 2.76. The van der Waals surface area contributed by atoms with Crippen molar-refractivity contribution in [2.24, 2.45) is 0 Å². The normalized spacial score (nSPS) is 15.1. The highest BCUT2D eigenvalue weighted by atomic mass is 19.4. The van der Waals surface area contributed by atoms with Gasteiger partial charge in [0.05, 0.1) is 6.10 Å². The van der Waals surface area contributed by atoms with Gasteiger partial charge in [-0.25, -0.2) is 0 Å². The Morgan fingerprint density at radius 2 is 1.65 bits per heavy atom. The molecule has 0 aliphatic rings. The standard InChI is InChI=1S/C10H14F7NO2/c1-2-6(19)4-3-5-18-7(20)8(11,12)9(13,14)10(15,16)17/h6,19H,2-5H2,1H3,(H,18,20). The number of rotatable bonds is 7. The van der Waals surface area contributed by atoms with Gasteiger partial charge in [-0.3, -0.25) is 4.79 Å². The van der Waals surface area contributed by atoms with Crippen LogP contribution < -0.4 is 5.32 Å². The van der Waals surface area contributed by atoms with Crippen molar-refractivity contribution >= 4 is 5.91 Å². The molecular weight excluding hydrogens is 299 g/mol. The molecule has 2 N–H and O–H groups in total. The van der Waals surface area contributed by atoms with Gasteiger partial charge in [0.15, 0.2) is 0 Å². The maximum atomic E-state index is 12.8. The summed E-state index contributed by atoms with van der Waals surface area (Å²) in [4.78, 5) is 10.8. The Hall–Kier alpha value is -1.06. The van der Waals surface area contributed by atoms with E-state index in [4.69, 9.17) is 5.11 Å². The monoisotopic (exact) mass is 313 g/mol. The van der Waals surface area contributed by atoms with Gasteiger partial charge in [0.1, 0.15) is 0 Å². The number of carbonyl (C=O) groups is 1. The van der Waals surface area contributed by atoms with Gasteiger partial charge in [-0.2, -0.15) is 30.7 Å². The summed E-state index contributed by atoms with van der Waals surface area (Å²) in [6.45, 7) is 1.08. The number of aliphatic hydroxyl groups is 1. The summed E-state index contributed by atoms with van der Waals surface area (Å²) in [5.74, 6) is -15.0. The quantitative estimate of drug-likeness (QED) is 0.560. The van der Waals surface area contributed by atoms with Crippen LogP contribution in [0.2, 0.25) is 0 Å². The van der Waals surface area contributed by atoms with Gasteiger partial charge >= 0.3 is 18.0 Å². The second-order valence-corrected chi connectivity index (χ2v) is 4.11. The van der Waals surface area contributed by atoms with Crippen LogP contribution in [0.3, 0.4) is 0 Å². The number of hydrogen-bond acceptors (Lipinski definition) is 2. The molecule has 0 aliphatic heterocycles. The summed E-state index contributed by atoms with van der Waals surface area (Å²) in [6, 6.07) is 0. The van der Waals surface area contributed by atoms with Gasteiger partial charge in [-0.05, 0) is 19.3 Å². The number of aliphatic hydroxyl groups excluding tert-OH is 1. The van der Waals surface area contributed by atoms with Crippen molar-refractivity contribution in [2.75, 3.05) is 6.54 Å². The predicted molar refractivity (Wildman–Crippen MR) is 54.5 cm³/mol. The molecule has 0 heterocycles. The SMILES string of the molecule is CCC(O)CCCNC(=O)C(F)(F)C(F)(F)C(F)(F)F. The van der Waals surface area contributed by atoms with E-state index in [9.17, 15) is 35.5 Å². The molecule has 1 amide bonds. The molecule has 0 rings (SSSR count). The molecule has 0 aliphatic carbocycles. The first kappa shape index (κ1) is 18.9. The molecule has 0 saturated carbocycles. The zero-order chi connectivity index (χ0) is 16.2. The predicted octanol–water partition coefficient (Wildman–Crippen LogP) is 2.49. The molecule has 3 nitrogen and oxygen atoms in total. The topological polar surface area (TPSA) is 49.3 Å². The van der Waals surface area contributed by atoms with Crippen LogP contribution in [0, 0.1) is 0 Å². The largest absolute Gasteiger partial charge is 0.460 e. The fourth-order valence-electron chi connectivity index (χ4n) is 1.18. The summed E-state index contributed by atoms with van der Waals surface area (Å²) < 4.78 is 85.9. The van der Waals surface area contributed by atoms with E-state index in [1.165, 1.54) is 5.32 Å². The van der Waals surface area contributed by atoms with Crippen molar-refractivity contribution in [3.8, 4) is 0 Å². The minimum Gasteiger partial charge on any atom is -0.393 e. The summed E-state index contributed by atoms with van der Waals surface area (Å²) >= 11 is 0. The minimum absolute atomic E-state index is 0.0333. The smallest absolute Gasteiger partial charge is 0.393 e. The Balaban J connectivity index is 4.53. The Kier molecular flexibility index (Phi) is 6.25. The number of nitrogens with one attached hydrogen (secondary N) is 1. The van der Waals surface area contributed by atoms with Crippen molar-refractivity contribution in [1.82, 2.24) is 5.32 Å². The van der Waals surface area contributed by atoms with Crippen LogP contribution in [-0.2, 0) is 4.79 Å². The summed E-state index contributed by atoms with van der Waals surface area (Å²) in [7, 11) is 0. The van der Waals surface area contributed by atoms with E-state index in [1.807, 2.05) is 0 Å². The third kappa shape index (κ3) is 4.22. The number of halogens is 7. The molecular formula is C10H14F7NO2. The molecule has 20 heavy (non-hydrogen) atoms. The zero-order valence-corrected chi connectivity index (χ0v) is 10.4. The first-order chi connectivity index (χ1) is 8.88. The summed E-state index contributed by atoms with van der Waals surface area (Å²) in [5.41, 5.74) is 0. The number of carbonyl (C=O) groups excluding carboxylic acids is 1. The molecule has 0 bridgehead atoms. The van der Waals surface area contributed by atoms with Crippen molar-refractivity contribution in [2.45, 2.75) is 50.3 Å². The lowest BCUT2D eigenvalue weighted by Crippen LogP contribution is -2.59. The Labute approximate surface area is 110 Å². The second kappa shape index (κ2) is 6.59. The lowest BCUT2D eigenvalue weighted by atomic mass is 10.1. The van der Waals surface area contributed by atoms with Gasteiger partial charge in [0.25, 0.3) is 5.91 Å². The van der Waals surface area contributed by atoms with Crippen LogP contribution in [0.1, 0.15) is 26.2 Å². The van der Waals surface area contributed by atoms with Gasteiger partial charge in [0, 0.05) is 6.54 Å².